The van der Waals surface area contributed by atoms with Crippen molar-refractivity contribution in [2.45, 2.75) is 154 Å². The van der Waals surface area contributed by atoms with Gasteiger partial charge in [-0.15, -0.1) is 0 Å². The SMILES string of the molecule is CC/C=C\C/C=C\C/C=C\C/C=C\C/C=C\C/C=C\CCCCCCC(=O)NC(CS(=O)(=O)O)C(O)/C=C/CCCCCCCCC. The molecule has 0 heterocycles. The van der Waals surface area contributed by atoms with Crippen LogP contribution in [0.15, 0.2) is 85.1 Å². The van der Waals surface area contributed by atoms with Gasteiger partial charge in [0.2, 0.25) is 5.91 Å². The third-order valence-corrected chi connectivity index (χ3v) is 8.36. The summed E-state index contributed by atoms with van der Waals surface area (Å²) in [5.41, 5.74) is 0. The quantitative estimate of drug-likeness (QED) is 0.0386. The smallest absolute Gasteiger partial charge is 0.267 e. The van der Waals surface area contributed by atoms with Gasteiger partial charge in [0.05, 0.1) is 17.9 Å². The summed E-state index contributed by atoms with van der Waals surface area (Å²) in [6.07, 6.45) is 48.6. The molecule has 2 unspecified atom stereocenters. The number of rotatable bonds is 31. The molecule has 0 aromatic rings. The fourth-order valence-electron chi connectivity index (χ4n) is 4.86. The highest BCUT2D eigenvalue weighted by molar-refractivity contribution is 7.85. The maximum absolute atomic E-state index is 12.4. The molecule has 0 rings (SSSR count). The molecule has 47 heavy (non-hydrogen) atoms. The van der Waals surface area contributed by atoms with Crippen molar-refractivity contribution in [2.75, 3.05) is 5.75 Å². The van der Waals surface area contributed by atoms with Gasteiger partial charge in [-0.1, -0.05) is 150 Å². The number of hydrogen-bond acceptors (Lipinski definition) is 4. The van der Waals surface area contributed by atoms with E-state index in [4.69, 9.17) is 0 Å². The summed E-state index contributed by atoms with van der Waals surface area (Å²) in [5, 5.41) is 13.1. The highest BCUT2D eigenvalue weighted by Gasteiger charge is 2.24. The highest BCUT2D eigenvalue weighted by atomic mass is 32.2. The average molecular weight is 674 g/mol. The monoisotopic (exact) mass is 673 g/mol. The highest BCUT2D eigenvalue weighted by Crippen LogP contribution is 2.11. The summed E-state index contributed by atoms with van der Waals surface area (Å²) in [5.74, 6) is -1.02. The van der Waals surface area contributed by atoms with Gasteiger partial charge >= 0.3 is 0 Å². The Morgan fingerprint density at radius 2 is 1.02 bits per heavy atom. The molecule has 3 N–H and O–H groups in total. The third kappa shape index (κ3) is 34.7. The Hall–Kier alpha value is -2.48. The Bertz CT molecular complexity index is 1050. The second-order valence-electron chi connectivity index (χ2n) is 12.1. The molecule has 0 aliphatic rings. The molecule has 0 aliphatic heterocycles. The summed E-state index contributed by atoms with van der Waals surface area (Å²) in [6, 6.07) is -1.07. The van der Waals surface area contributed by atoms with Crippen LogP contribution in [-0.4, -0.2) is 41.9 Å². The molecule has 1 amide bonds. The fourth-order valence-corrected chi connectivity index (χ4v) is 5.60. The molecule has 0 saturated heterocycles. The maximum Gasteiger partial charge on any atom is 0.267 e. The number of allylic oxidation sites excluding steroid dienone is 13. The molecular weight excluding hydrogens is 607 g/mol. The largest absolute Gasteiger partial charge is 0.387 e. The molecule has 0 fully saturated rings. The predicted octanol–water partition coefficient (Wildman–Crippen LogP) is 10.5. The lowest BCUT2D eigenvalue weighted by atomic mass is 10.1. The van der Waals surface area contributed by atoms with E-state index in [0.717, 1.165) is 83.5 Å². The van der Waals surface area contributed by atoms with Gasteiger partial charge in [-0.25, -0.2) is 0 Å². The second kappa shape index (κ2) is 33.4. The molecule has 2 atom stereocenters. The topological polar surface area (TPSA) is 104 Å². The molecule has 268 valence electrons. The van der Waals surface area contributed by atoms with Gasteiger partial charge < -0.3 is 10.4 Å². The van der Waals surface area contributed by atoms with E-state index in [1.807, 2.05) is 6.08 Å². The van der Waals surface area contributed by atoms with Gasteiger partial charge in [-0.3, -0.25) is 9.35 Å². The zero-order valence-electron chi connectivity index (χ0n) is 29.6. The van der Waals surface area contributed by atoms with Crippen molar-refractivity contribution in [2.24, 2.45) is 0 Å². The Morgan fingerprint density at radius 3 is 1.51 bits per heavy atom. The van der Waals surface area contributed by atoms with Crippen LogP contribution in [0, 0.1) is 0 Å². The van der Waals surface area contributed by atoms with Gasteiger partial charge in [-0.05, 0) is 70.6 Å². The lowest BCUT2D eigenvalue weighted by molar-refractivity contribution is -0.122. The van der Waals surface area contributed by atoms with Gasteiger partial charge in [-0.2, -0.15) is 8.42 Å². The van der Waals surface area contributed by atoms with Crippen LogP contribution >= 0.6 is 0 Å². The minimum atomic E-state index is -4.35. The summed E-state index contributed by atoms with van der Waals surface area (Å²) in [7, 11) is -4.35. The van der Waals surface area contributed by atoms with Crippen molar-refractivity contribution < 1.29 is 22.9 Å². The van der Waals surface area contributed by atoms with Crippen molar-refractivity contribution in [3.05, 3.63) is 85.1 Å². The molecule has 0 aliphatic carbocycles. The van der Waals surface area contributed by atoms with Crippen molar-refractivity contribution in [3.63, 3.8) is 0 Å². The maximum atomic E-state index is 12.4. The Labute approximate surface area is 288 Å². The van der Waals surface area contributed by atoms with E-state index in [9.17, 15) is 22.9 Å². The first-order valence-corrected chi connectivity index (χ1v) is 19.9. The molecule has 0 aromatic heterocycles. The first-order valence-electron chi connectivity index (χ1n) is 18.3. The lowest BCUT2D eigenvalue weighted by Crippen LogP contribution is -2.46. The molecule has 0 saturated carbocycles. The van der Waals surface area contributed by atoms with Crippen molar-refractivity contribution in [1.82, 2.24) is 5.32 Å². The van der Waals surface area contributed by atoms with Crippen LogP contribution in [0.3, 0.4) is 0 Å². The van der Waals surface area contributed by atoms with Gasteiger partial charge in [0, 0.05) is 6.42 Å². The normalized spacial score (nSPS) is 14.4. The zero-order chi connectivity index (χ0) is 34.7. The van der Waals surface area contributed by atoms with Crippen LogP contribution in [0.2, 0.25) is 0 Å². The van der Waals surface area contributed by atoms with E-state index in [2.05, 4.69) is 92.1 Å². The molecule has 0 radical (unpaired) electrons. The van der Waals surface area contributed by atoms with Gasteiger partial charge in [0.25, 0.3) is 10.1 Å². The van der Waals surface area contributed by atoms with E-state index in [-0.39, 0.29) is 12.3 Å². The number of aliphatic hydroxyl groups excluding tert-OH is 1. The van der Waals surface area contributed by atoms with Gasteiger partial charge in [0.1, 0.15) is 0 Å². The van der Waals surface area contributed by atoms with E-state index in [1.165, 1.54) is 38.2 Å². The third-order valence-electron chi connectivity index (χ3n) is 7.58. The summed E-state index contributed by atoms with van der Waals surface area (Å²) in [6.45, 7) is 4.35. The van der Waals surface area contributed by atoms with E-state index in [1.54, 1.807) is 0 Å². The van der Waals surface area contributed by atoms with Crippen LogP contribution in [0.5, 0.6) is 0 Å². The average Bonchev–Trinajstić information content (AvgIpc) is 3.03. The summed E-state index contributed by atoms with van der Waals surface area (Å²) >= 11 is 0. The fraction of sp³-hybridized carbons (Fsp3) is 0.625. The van der Waals surface area contributed by atoms with Crippen molar-refractivity contribution >= 4 is 16.0 Å². The Morgan fingerprint density at radius 1 is 0.596 bits per heavy atom. The van der Waals surface area contributed by atoms with Crippen LogP contribution < -0.4 is 5.32 Å². The van der Waals surface area contributed by atoms with Gasteiger partial charge in [0.15, 0.2) is 0 Å². The van der Waals surface area contributed by atoms with Crippen molar-refractivity contribution in [3.8, 4) is 0 Å². The number of aliphatic hydroxyl groups is 1. The number of amides is 1. The standard InChI is InChI=1S/C40H67NO5S/c1-3-5-7-9-11-13-14-15-16-17-18-19-20-21-22-23-24-25-26-28-30-32-34-36-40(43)41-38(37-47(44,45)46)39(42)35-33-31-29-27-12-10-8-6-4-2/h5,7,11,13,15-16,18-19,21-22,24-25,33,35,38-39,42H,3-4,6,8-10,12,14,17,20,23,26-32,34,36-37H2,1-2H3,(H,41,43)(H,44,45,46)/b7-5-,13-11-,16-15-,19-18-,22-21-,25-24-,35-33+. The minimum absolute atomic E-state index is 0.260. The molecule has 0 spiro atoms. The summed E-state index contributed by atoms with van der Waals surface area (Å²) < 4.78 is 32.3. The summed E-state index contributed by atoms with van der Waals surface area (Å²) in [4.78, 5) is 12.4. The number of carbonyl (C=O) groups excluding carboxylic acids is 1. The van der Waals surface area contributed by atoms with E-state index < -0.39 is 28.0 Å². The van der Waals surface area contributed by atoms with Crippen molar-refractivity contribution in [1.29, 1.82) is 0 Å². The molecule has 7 heteroatoms. The number of hydrogen-bond donors (Lipinski definition) is 3. The minimum Gasteiger partial charge on any atom is -0.387 e. The van der Waals surface area contributed by atoms with E-state index in [0.29, 0.717) is 6.42 Å². The second-order valence-corrected chi connectivity index (χ2v) is 13.6. The Balaban J connectivity index is 4.02. The molecular formula is C40H67NO5S. The molecule has 0 bridgehead atoms. The molecule has 0 aromatic carbocycles. The van der Waals surface area contributed by atoms with Crippen LogP contribution in [0.4, 0.5) is 0 Å². The number of unbranched alkanes of at least 4 members (excludes halogenated alkanes) is 11. The first-order chi connectivity index (χ1) is 22.8. The lowest BCUT2D eigenvalue weighted by Gasteiger charge is -2.21. The Kier molecular flexibility index (Phi) is 31.7. The van der Waals surface area contributed by atoms with Crippen LogP contribution in [0.25, 0.3) is 0 Å². The van der Waals surface area contributed by atoms with Crippen LogP contribution in [-0.2, 0) is 14.9 Å². The van der Waals surface area contributed by atoms with Crippen LogP contribution in [0.1, 0.15) is 142 Å². The number of nitrogens with one attached hydrogen (secondary N) is 1. The number of carbonyl (C=O) groups is 1. The predicted molar refractivity (Wildman–Crippen MR) is 202 cm³/mol. The first kappa shape index (κ1) is 44.5. The molecule has 6 nitrogen and oxygen atoms in total. The van der Waals surface area contributed by atoms with E-state index >= 15 is 0 Å². The zero-order valence-corrected chi connectivity index (χ0v) is 30.4.